The van der Waals surface area contributed by atoms with Gasteiger partial charge in [0.25, 0.3) is 0 Å². The first-order valence-corrected chi connectivity index (χ1v) is 34.5. The minimum atomic E-state index is -4.67. The van der Waals surface area contributed by atoms with Gasteiger partial charge >= 0.3 is 16.4 Å². The fraction of sp³-hybridized carbons (Fsp3) is 0.424. The number of benzene rings is 5. The summed E-state index contributed by atoms with van der Waals surface area (Å²) >= 11 is 14.1. The maximum absolute atomic E-state index is 16.0. The number of carbonyl (C=O) groups excluding carboxylic acids is 7. The van der Waals surface area contributed by atoms with Crippen LogP contribution in [0.2, 0.25) is 10.0 Å². The van der Waals surface area contributed by atoms with E-state index in [1.54, 1.807) is 0 Å². The number of carboxylic acids is 1. The van der Waals surface area contributed by atoms with Gasteiger partial charge in [-0.25, -0.2) is 4.79 Å². The quantitative estimate of drug-likeness (QED) is 0.0658. The summed E-state index contributed by atoms with van der Waals surface area (Å²) in [5.74, 6) is -16.0. The normalized spacial score (nSPS) is 28.6. The Morgan fingerprint density at radius 1 is 0.717 bits per heavy atom. The number of likely N-dealkylation sites (N-methyl/N-ethyl adjacent to an activating group) is 1. The molecule has 7 aliphatic heterocycles. The van der Waals surface area contributed by atoms with E-state index < -0.39 is 248 Å². The first-order valence-electron chi connectivity index (χ1n) is 32.3. The second kappa shape index (κ2) is 32.8. The Bertz CT molecular complexity index is 4340. The van der Waals surface area contributed by atoms with Gasteiger partial charge in [-0.1, -0.05) is 55.2 Å². The van der Waals surface area contributed by atoms with E-state index in [1.165, 1.54) is 33.0 Å². The number of aromatic hydroxyl groups is 3. The van der Waals surface area contributed by atoms with Gasteiger partial charge < -0.3 is 128 Å². The number of halogens is 2. The first kappa shape index (κ1) is 80.8. The zero-order valence-electron chi connectivity index (χ0n) is 56.4. The third-order valence-electron chi connectivity index (χ3n) is 17.8. The lowest BCUT2D eigenvalue weighted by molar-refractivity contribution is -0.333. The third-order valence-corrected chi connectivity index (χ3v) is 18.4. The van der Waals surface area contributed by atoms with Crippen molar-refractivity contribution in [2.75, 3.05) is 13.7 Å². The minimum Gasteiger partial charge on any atom is -0.508 e. The molecule has 40 heteroatoms. The highest BCUT2D eigenvalue weighted by atomic mass is 35.5. The van der Waals surface area contributed by atoms with Crippen LogP contribution in [-0.4, -0.2) is 208 Å². The molecule has 7 aliphatic rings. The monoisotopic (exact) mass is 1550 g/mol. The van der Waals surface area contributed by atoms with Crippen LogP contribution in [0, 0.1) is 5.92 Å². The van der Waals surface area contributed by atoms with Crippen LogP contribution in [-0.2, 0) is 63.0 Å². The van der Waals surface area contributed by atoms with E-state index in [4.69, 9.17) is 80.6 Å². The fourth-order valence-corrected chi connectivity index (χ4v) is 12.9. The molecule has 2 saturated heterocycles. The van der Waals surface area contributed by atoms with Crippen molar-refractivity contribution in [3.8, 4) is 57.1 Å². The zero-order valence-corrected chi connectivity index (χ0v) is 58.8. The molecular formula is C66H77Cl2N9O28S. The summed E-state index contributed by atoms with van der Waals surface area (Å²) in [7, 11) is -3.19. The van der Waals surface area contributed by atoms with Crippen LogP contribution in [0.15, 0.2) is 78.9 Å². The lowest BCUT2D eigenvalue weighted by Gasteiger charge is -2.47. The van der Waals surface area contributed by atoms with Crippen molar-refractivity contribution < 1.29 is 135 Å². The number of aliphatic carboxylic acids is 1. The summed E-state index contributed by atoms with van der Waals surface area (Å²) in [5.41, 5.74) is 8.00. The van der Waals surface area contributed by atoms with Crippen LogP contribution >= 0.6 is 23.2 Å². The smallest absolute Gasteiger partial charge is 0.394 e. The fourth-order valence-electron chi connectivity index (χ4n) is 12.5. The summed E-state index contributed by atoms with van der Waals surface area (Å²) < 4.78 is 69.9. The molecule has 7 amide bonds. The Hall–Kier alpha value is -9.33. The predicted molar refractivity (Wildman–Crippen MR) is 363 cm³/mol. The number of amides is 7. The number of carbonyl (C=O) groups is 8. The number of primary amides is 1. The van der Waals surface area contributed by atoms with Gasteiger partial charge in [0.15, 0.2) is 29.9 Å². The number of phenols is 3. The Kier molecular flexibility index (Phi) is 25.0. The number of hydrogen-bond donors (Lipinski definition) is 21. The van der Waals surface area contributed by atoms with Crippen LogP contribution in [0.25, 0.3) is 11.1 Å². The van der Waals surface area contributed by atoms with Gasteiger partial charge in [-0.3, -0.25) is 42.7 Å². The molecule has 0 spiro atoms. The molecular weight excluding hydrogens is 1470 g/mol. The van der Waals surface area contributed by atoms with Crippen LogP contribution in [0.1, 0.15) is 105 Å². The van der Waals surface area contributed by atoms with Crippen molar-refractivity contribution in [2.45, 2.75) is 156 Å². The molecule has 12 rings (SSSR count). The Morgan fingerprint density at radius 3 is 1.85 bits per heavy atom. The van der Waals surface area contributed by atoms with Gasteiger partial charge in [-0.15, -0.1) is 0 Å². The topological polar surface area (TPSA) is 605 Å². The lowest BCUT2D eigenvalue weighted by Crippen LogP contribution is -2.64. The molecule has 106 heavy (non-hydrogen) atoms. The molecule has 5 aromatic carbocycles. The molecule has 5 aromatic rings. The number of rotatable bonds is 13. The summed E-state index contributed by atoms with van der Waals surface area (Å²) in [6.07, 6.45) is -18.6. The number of fused-ring (bicyclic) bond motifs is 15. The number of nitrogens with two attached hydrogens (primary N) is 2. The van der Waals surface area contributed by atoms with Crippen LogP contribution in [0.3, 0.4) is 0 Å². The Balaban J connectivity index is 0.00000251. The molecule has 0 saturated carbocycles. The number of hydrogen-bond acceptors (Lipinski definition) is 27. The average Bonchev–Trinajstić information content (AvgIpc) is 0.767. The summed E-state index contributed by atoms with van der Waals surface area (Å²) in [6, 6.07) is -0.679. The lowest BCUT2D eigenvalue weighted by atomic mass is 9.86. The predicted octanol–water partition coefficient (Wildman–Crippen LogP) is -0.547. The molecule has 0 aliphatic carbocycles. The van der Waals surface area contributed by atoms with Crippen molar-refractivity contribution in [1.29, 1.82) is 0 Å². The van der Waals surface area contributed by atoms with E-state index in [0.717, 1.165) is 66.7 Å². The molecule has 1 unspecified atom stereocenters. The number of nitrogens with one attached hydrogen (secondary N) is 7. The average molecular weight is 1550 g/mol. The molecule has 23 N–H and O–H groups in total. The molecule has 0 aromatic heterocycles. The second-order valence-corrected chi connectivity index (χ2v) is 27.9. The van der Waals surface area contributed by atoms with Crippen molar-refractivity contribution in [3.05, 3.63) is 117 Å². The summed E-state index contributed by atoms with van der Waals surface area (Å²) in [5, 5.41) is 131. The number of aliphatic hydroxyl groups is 6. The molecule has 37 nitrogen and oxygen atoms in total. The number of carboxylic acid groups (broad SMARTS) is 1. The van der Waals surface area contributed by atoms with Crippen molar-refractivity contribution in [3.63, 3.8) is 0 Å². The zero-order chi connectivity index (χ0) is 78.0. The molecule has 11 bridgehead atoms. The number of phenolic OH excluding ortho intramolecular Hbond substituents is 3. The van der Waals surface area contributed by atoms with Crippen LogP contribution in [0.5, 0.6) is 46.0 Å². The van der Waals surface area contributed by atoms with Crippen molar-refractivity contribution >= 4 is 80.9 Å². The van der Waals surface area contributed by atoms with E-state index in [-0.39, 0.29) is 46.2 Å². The first-order chi connectivity index (χ1) is 49.7. The van der Waals surface area contributed by atoms with Gasteiger partial charge in [0, 0.05) is 34.7 Å². The van der Waals surface area contributed by atoms with Gasteiger partial charge in [0.2, 0.25) is 53.4 Å². The number of ether oxygens (including phenoxy) is 6. The SMILES string of the molecule is CNC(CC(C)C)C(=O)N[C@H]1C(=O)N[C@@H](CC(N)=O)C(=O)N[C@H]2C(=O)N[C@H]3C(=O)N[C@H](C(=O)N[C@@H](C(=O)O)c4cc(O)cc(O)c4-c4cc3ccc4O)[C@H](O)c3ccc(c(Cl)c3)Oc3cc2cc(c3O[C@@H]2O[C@H](CO)[C@@H](O)[C@H](O)[C@H]2O[C@H]2C[C@](C)(N)[C@H](O)[C@H](C)O2)Oc2ccc(cc2Cl)[C@H]1O.O=S(=O)(O)O. The highest BCUT2D eigenvalue weighted by Gasteiger charge is 2.51. The summed E-state index contributed by atoms with van der Waals surface area (Å²) in [6.45, 7) is 5.66. The van der Waals surface area contributed by atoms with Gasteiger partial charge in [0.1, 0.15) is 89.5 Å². The van der Waals surface area contributed by atoms with E-state index in [9.17, 15) is 75.0 Å². The van der Waals surface area contributed by atoms with Crippen molar-refractivity contribution in [2.24, 2.45) is 17.4 Å². The Morgan fingerprint density at radius 2 is 1.29 bits per heavy atom. The highest BCUT2D eigenvalue weighted by molar-refractivity contribution is 7.79. The molecule has 574 valence electrons. The summed E-state index contributed by atoms with van der Waals surface area (Å²) in [4.78, 5) is 117. The van der Waals surface area contributed by atoms with Crippen LogP contribution in [0.4, 0.5) is 0 Å². The van der Waals surface area contributed by atoms with Crippen LogP contribution < -0.4 is 62.9 Å². The molecule has 7 heterocycles. The third kappa shape index (κ3) is 18.4. The molecule has 18 atom stereocenters. The highest BCUT2D eigenvalue weighted by Crippen LogP contribution is 2.50. The maximum Gasteiger partial charge on any atom is 0.394 e. The van der Waals surface area contributed by atoms with E-state index in [2.05, 4.69) is 37.2 Å². The largest absolute Gasteiger partial charge is 0.508 e. The number of aliphatic hydroxyl groups excluding tert-OH is 6. The maximum atomic E-state index is 16.0. The van der Waals surface area contributed by atoms with E-state index in [1.807, 2.05) is 13.8 Å². The molecule has 0 radical (unpaired) electrons. The van der Waals surface area contributed by atoms with Gasteiger partial charge in [-0.2, -0.15) is 8.42 Å². The van der Waals surface area contributed by atoms with Crippen molar-refractivity contribution in [1.82, 2.24) is 37.2 Å². The Labute approximate surface area is 611 Å². The standard InChI is InChI=1S/C66H75Cl2N9O24.H2O4S/c1-23(2)12-34(71-5)58(88)76-49-51(83)26-7-10-38(32(67)14-26)97-40-16-28-17-41(55(40)101-65-56(54(86)53(85)42(22-78)99-65)100-44-21-66(4,70)57(87)24(3)96-44)98-39-11-8-27(15-33(39)68)52(84)50-63(93)75-48(64(94)95)31-18-29(79)19-37(81)45(31)30-13-25(6-9-36(30)80)46(60(90)77-50)74-61(91)47(28)73-59(89)35(20-43(69)82)72-62(49)92;1-5(2,3)4/h6-11,13-19,23-24,34-35,42,44,46-54,56-57,65,71,78-81,83-87H,12,20-22,70H2,1-5H3,(H2,69,82)(H,72,92)(H,73,89)(H,74,91)(H,75,93)(H,76,88)(H,77,90)(H,94,95);(H2,1,2,3,4)/t24-,34?,35-,42+,44-,46+,47+,48+,49+,50-,51+,52+,53+,54-,56+,57+,65-,66-;/m0./s1. The van der Waals surface area contributed by atoms with Gasteiger partial charge in [-0.05, 0) is 110 Å². The van der Waals surface area contributed by atoms with E-state index >= 15 is 14.4 Å². The minimum absolute atomic E-state index is 0.0975. The van der Waals surface area contributed by atoms with E-state index in [0.29, 0.717) is 0 Å². The molecule has 2 fully saturated rings. The second-order valence-electron chi connectivity index (χ2n) is 26.2. The van der Waals surface area contributed by atoms with Gasteiger partial charge in [0.05, 0.1) is 41.3 Å².